The zero-order chi connectivity index (χ0) is 16.3. The Labute approximate surface area is 161 Å². The summed E-state index contributed by atoms with van der Waals surface area (Å²) >= 11 is 0. The van der Waals surface area contributed by atoms with Crippen LogP contribution < -0.4 is 11.1 Å². The molecule has 136 valence electrons. The highest BCUT2D eigenvalue weighted by Gasteiger charge is 2.08. The Kier molecular flexibility index (Phi) is 11.0. The van der Waals surface area contributed by atoms with E-state index in [1.165, 1.54) is 0 Å². The van der Waals surface area contributed by atoms with E-state index in [0.29, 0.717) is 19.1 Å². The molecule has 0 atom stereocenters. The second-order valence-electron chi connectivity index (χ2n) is 5.69. The van der Waals surface area contributed by atoms with Gasteiger partial charge in [0.25, 0.3) is 0 Å². The van der Waals surface area contributed by atoms with Crippen molar-refractivity contribution in [2.24, 2.45) is 10.7 Å². The molecule has 1 aromatic rings. The molecule has 3 N–H and O–H groups in total. The summed E-state index contributed by atoms with van der Waals surface area (Å²) in [7, 11) is 1.70. The minimum absolute atomic E-state index is 0. The molecule has 0 aromatic heterocycles. The van der Waals surface area contributed by atoms with Gasteiger partial charge in [0, 0.05) is 26.7 Å². The standard InChI is InChI=1S/C17H28N4O2.HI/c1-22-14-16-5-2-4-15(12-16)13-20-17(18)19-6-3-7-21-8-10-23-11-9-21;/h2,4-5,12H,3,6-11,13-14H2,1H3,(H3,18,19,20);1H. The van der Waals surface area contributed by atoms with E-state index in [4.69, 9.17) is 15.2 Å². The minimum Gasteiger partial charge on any atom is -0.380 e. The molecule has 0 aliphatic carbocycles. The number of nitrogens with two attached hydrogens (primary N) is 1. The number of morpholine rings is 1. The number of hydrogen-bond acceptors (Lipinski definition) is 4. The Hall–Kier alpha value is -0.900. The molecule has 7 heteroatoms. The molecule has 24 heavy (non-hydrogen) atoms. The number of aliphatic imine (C=N–C) groups is 1. The van der Waals surface area contributed by atoms with Crippen molar-refractivity contribution < 1.29 is 9.47 Å². The zero-order valence-corrected chi connectivity index (χ0v) is 16.7. The number of nitrogens with zero attached hydrogens (tertiary/aromatic N) is 2. The van der Waals surface area contributed by atoms with Crippen LogP contribution in [0.5, 0.6) is 0 Å². The molecule has 1 saturated heterocycles. The summed E-state index contributed by atoms with van der Waals surface area (Å²) in [5.74, 6) is 0.504. The largest absolute Gasteiger partial charge is 0.380 e. The maximum Gasteiger partial charge on any atom is 0.188 e. The lowest BCUT2D eigenvalue weighted by molar-refractivity contribution is 0.0376. The van der Waals surface area contributed by atoms with Crippen molar-refractivity contribution in [3.8, 4) is 0 Å². The van der Waals surface area contributed by atoms with Crippen LogP contribution in [0, 0.1) is 0 Å². The van der Waals surface area contributed by atoms with E-state index >= 15 is 0 Å². The summed E-state index contributed by atoms with van der Waals surface area (Å²) in [6, 6.07) is 8.21. The van der Waals surface area contributed by atoms with Gasteiger partial charge < -0.3 is 20.5 Å². The fourth-order valence-corrected chi connectivity index (χ4v) is 2.56. The molecular formula is C17H29IN4O2. The smallest absolute Gasteiger partial charge is 0.188 e. The minimum atomic E-state index is 0. The highest BCUT2D eigenvalue weighted by Crippen LogP contribution is 2.07. The fraction of sp³-hybridized carbons (Fsp3) is 0.588. The van der Waals surface area contributed by atoms with Gasteiger partial charge in [0.2, 0.25) is 0 Å². The molecule has 6 nitrogen and oxygen atoms in total. The maximum atomic E-state index is 5.92. The van der Waals surface area contributed by atoms with Crippen LogP contribution in [0.3, 0.4) is 0 Å². The van der Waals surface area contributed by atoms with Crippen LogP contribution in [0.15, 0.2) is 29.3 Å². The van der Waals surface area contributed by atoms with Gasteiger partial charge >= 0.3 is 0 Å². The van der Waals surface area contributed by atoms with E-state index in [2.05, 4.69) is 21.3 Å². The number of hydrogen-bond donors (Lipinski definition) is 2. The van der Waals surface area contributed by atoms with E-state index in [-0.39, 0.29) is 24.0 Å². The Morgan fingerprint density at radius 2 is 2.08 bits per heavy atom. The molecule has 1 aliphatic heterocycles. The molecule has 0 bridgehead atoms. The van der Waals surface area contributed by atoms with Crippen LogP contribution >= 0.6 is 24.0 Å². The first-order chi connectivity index (χ1) is 11.3. The summed E-state index contributed by atoms with van der Waals surface area (Å²) in [4.78, 5) is 6.81. The van der Waals surface area contributed by atoms with Gasteiger partial charge in [-0.3, -0.25) is 4.90 Å². The zero-order valence-electron chi connectivity index (χ0n) is 14.4. The Bertz CT molecular complexity index is 493. The number of halogens is 1. The van der Waals surface area contributed by atoms with Crippen molar-refractivity contribution in [1.29, 1.82) is 0 Å². The lowest BCUT2D eigenvalue weighted by Crippen LogP contribution is -2.39. The Balaban J connectivity index is 0.00000288. The van der Waals surface area contributed by atoms with Gasteiger partial charge in [-0.2, -0.15) is 0 Å². The van der Waals surface area contributed by atoms with Crippen molar-refractivity contribution in [2.75, 3.05) is 46.5 Å². The summed E-state index contributed by atoms with van der Waals surface area (Å²) in [5.41, 5.74) is 8.20. The molecule has 1 aromatic carbocycles. The fourth-order valence-electron chi connectivity index (χ4n) is 2.56. The topological polar surface area (TPSA) is 72.1 Å². The van der Waals surface area contributed by atoms with Gasteiger partial charge in [-0.05, 0) is 24.1 Å². The quantitative estimate of drug-likeness (QED) is 0.274. The Morgan fingerprint density at radius 3 is 2.83 bits per heavy atom. The highest BCUT2D eigenvalue weighted by atomic mass is 127. The number of ether oxygens (including phenoxy) is 2. The Morgan fingerprint density at radius 1 is 1.33 bits per heavy atom. The van der Waals surface area contributed by atoms with Crippen molar-refractivity contribution >= 4 is 29.9 Å². The lowest BCUT2D eigenvalue weighted by Gasteiger charge is -2.26. The first-order valence-corrected chi connectivity index (χ1v) is 8.18. The second kappa shape index (κ2) is 12.5. The van der Waals surface area contributed by atoms with Crippen molar-refractivity contribution in [2.45, 2.75) is 19.6 Å². The predicted octanol–water partition coefficient (Wildman–Crippen LogP) is 1.58. The van der Waals surface area contributed by atoms with E-state index in [0.717, 1.165) is 56.9 Å². The summed E-state index contributed by atoms with van der Waals surface area (Å²) in [6.07, 6.45) is 1.06. The van der Waals surface area contributed by atoms with Crippen LogP contribution in [0.2, 0.25) is 0 Å². The molecule has 2 rings (SSSR count). The highest BCUT2D eigenvalue weighted by molar-refractivity contribution is 14.0. The van der Waals surface area contributed by atoms with Crippen LogP contribution in [-0.2, 0) is 22.6 Å². The summed E-state index contributed by atoms with van der Waals surface area (Å²) in [6.45, 7) is 6.87. The normalized spacial score (nSPS) is 15.8. The molecule has 0 amide bonds. The third-order valence-electron chi connectivity index (χ3n) is 3.80. The number of nitrogens with one attached hydrogen (secondary N) is 1. The average Bonchev–Trinajstić information content (AvgIpc) is 2.58. The molecule has 1 aliphatic rings. The van der Waals surface area contributed by atoms with E-state index in [1.54, 1.807) is 7.11 Å². The van der Waals surface area contributed by atoms with Crippen molar-refractivity contribution in [3.05, 3.63) is 35.4 Å². The molecule has 0 radical (unpaired) electrons. The third-order valence-corrected chi connectivity index (χ3v) is 3.80. The van der Waals surface area contributed by atoms with Crippen molar-refractivity contribution in [3.63, 3.8) is 0 Å². The van der Waals surface area contributed by atoms with Crippen LogP contribution in [0.4, 0.5) is 0 Å². The third kappa shape index (κ3) is 8.27. The van der Waals surface area contributed by atoms with Gasteiger partial charge in [-0.1, -0.05) is 24.3 Å². The predicted molar refractivity (Wildman–Crippen MR) is 108 cm³/mol. The number of methoxy groups -OCH3 is 1. The van der Waals surface area contributed by atoms with E-state index in [9.17, 15) is 0 Å². The molecule has 1 heterocycles. The molecule has 0 saturated carbocycles. The maximum absolute atomic E-state index is 5.92. The molecule has 0 unspecified atom stereocenters. The summed E-state index contributed by atoms with van der Waals surface area (Å²) in [5, 5.41) is 3.18. The average molecular weight is 448 g/mol. The monoisotopic (exact) mass is 448 g/mol. The van der Waals surface area contributed by atoms with Gasteiger partial charge in [0.05, 0.1) is 26.4 Å². The van der Waals surface area contributed by atoms with Crippen LogP contribution in [0.1, 0.15) is 17.5 Å². The van der Waals surface area contributed by atoms with Gasteiger partial charge in [0.15, 0.2) is 5.96 Å². The van der Waals surface area contributed by atoms with Gasteiger partial charge in [-0.15, -0.1) is 24.0 Å². The van der Waals surface area contributed by atoms with E-state index < -0.39 is 0 Å². The van der Waals surface area contributed by atoms with Crippen LogP contribution in [0.25, 0.3) is 0 Å². The number of benzene rings is 1. The van der Waals surface area contributed by atoms with Crippen molar-refractivity contribution in [1.82, 2.24) is 10.2 Å². The lowest BCUT2D eigenvalue weighted by atomic mass is 10.1. The molecular weight excluding hydrogens is 419 g/mol. The molecule has 1 fully saturated rings. The van der Waals surface area contributed by atoms with Crippen LogP contribution in [-0.4, -0.2) is 57.4 Å². The first kappa shape index (κ1) is 21.1. The van der Waals surface area contributed by atoms with Gasteiger partial charge in [0.1, 0.15) is 0 Å². The van der Waals surface area contributed by atoms with E-state index in [1.807, 2.05) is 18.2 Å². The SMILES string of the molecule is COCc1cccc(CN=C(N)NCCCN2CCOCC2)c1.I. The number of rotatable bonds is 8. The summed E-state index contributed by atoms with van der Waals surface area (Å²) < 4.78 is 10.5. The molecule has 0 spiro atoms. The number of guanidine groups is 1. The first-order valence-electron chi connectivity index (χ1n) is 8.18. The second-order valence-corrected chi connectivity index (χ2v) is 5.69. The van der Waals surface area contributed by atoms with Gasteiger partial charge in [-0.25, -0.2) is 4.99 Å².